The fourth-order valence-corrected chi connectivity index (χ4v) is 2.15. The van der Waals surface area contributed by atoms with Crippen LogP contribution < -0.4 is 20.3 Å². The van der Waals surface area contributed by atoms with Crippen molar-refractivity contribution in [2.45, 2.75) is 6.18 Å². The zero-order valence-electron chi connectivity index (χ0n) is 13.1. The van der Waals surface area contributed by atoms with E-state index in [0.717, 1.165) is 0 Å². The second-order valence-electron chi connectivity index (χ2n) is 4.67. The topological polar surface area (TPSA) is 72.5 Å². The van der Waals surface area contributed by atoms with Crippen molar-refractivity contribution in [1.82, 2.24) is 10.4 Å². The van der Waals surface area contributed by atoms with Crippen LogP contribution in [0.25, 0.3) is 0 Å². The minimum absolute atomic E-state index is 0.100. The number of benzene rings is 1. The second kappa shape index (κ2) is 7.47. The molecule has 2 N–H and O–H groups in total. The van der Waals surface area contributed by atoms with Crippen LogP contribution in [0.15, 0.2) is 30.5 Å². The Hall–Kier alpha value is -2.68. The van der Waals surface area contributed by atoms with Gasteiger partial charge in [-0.25, -0.2) is 4.98 Å². The van der Waals surface area contributed by atoms with Crippen LogP contribution in [0, 0.1) is 0 Å². The second-order valence-corrected chi connectivity index (χ2v) is 5.08. The van der Waals surface area contributed by atoms with E-state index in [0.29, 0.717) is 12.3 Å². The molecular weight excluding hydrogens is 363 g/mol. The number of rotatable bonds is 5. The van der Waals surface area contributed by atoms with Gasteiger partial charge < -0.3 is 9.47 Å². The van der Waals surface area contributed by atoms with Gasteiger partial charge in [-0.3, -0.25) is 15.6 Å². The van der Waals surface area contributed by atoms with Gasteiger partial charge in [-0.2, -0.15) is 13.2 Å². The van der Waals surface area contributed by atoms with Crippen LogP contribution in [-0.4, -0.2) is 25.1 Å². The smallest absolute Gasteiger partial charge is 0.417 e. The molecule has 0 fully saturated rings. The Kier molecular flexibility index (Phi) is 5.58. The third-order valence-electron chi connectivity index (χ3n) is 3.12. The molecule has 134 valence electrons. The van der Waals surface area contributed by atoms with Crippen LogP contribution in [0.2, 0.25) is 5.02 Å². The van der Waals surface area contributed by atoms with Crippen molar-refractivity contribution in [3.05, 3.63) is 46.6 Å². The molecule has 0 saturated carbocycles. The predicted molar refractivity (Wildman–Crippen MR) is 84.9 cm³/mol. The Bertz CT molecular complexity index is 762. The molecule has 0 spiro atoms. The van der Waals surface area contributed by atoms with E-state index < -0.39 is 17.6 Å². The Morgan fingerprint density at radius 1 is 1.20 bits per heavy atom. The first-order chi connectivity index (χ1) is 11.8. The van der Waals surface area contributed by atoms with Crippen molar-refractivity contribution >= 4 is 23.3 Å². The summed E-state index contributed by atoms with van der Waals surface area (Å²) in [6.07, 6.45) is -3.97. The molecule has 1 aromatic carbocycles. The maximum Gasteiger partial charge on any atom is 0.417 e. The molecule has 0 atom stereocenters. The van der Waals surface area contributed by atoms with E-state index in [4.69, 9.17) is 21.1 Å². The minimum Gasteiger partial charge on any atom is -0.496 e. The molecule has 1 aromatic heterocycles. The summed E-state index contributed by atoms with van der Waals surface area (Å²) in [5, 5.41) is -0.304. The lowest BCUT2D eigenvalue weighted by molar-refractivity contribution is -0.137. The van der Waals surface area contributed by atoms with Crippen LogP contribution in [-0.2, 0) is 6.18 Å². The van der Waals surface area contributed by atoms with Crippen LogP contribution in [0.3, 0.4) is 0 Å². The number of halogens is 4. The van der Waals surface area contributed by atoms with E-state index in [2.05, 4.69) is 15.8 Å². The van der Waals surface area contributed by atoms with Gasteiger partial charge in [0.15, 0.2) is 5.82 Å². The Morgan fingerprint density at radius 3 is 2.28 bits per heavy atom. The van der Waals surface area contributed by atoms with E-state index in [1.807, 2.05) is 0 Å². The number of amides is 1. The van der Waals surface area contributed by atoms with Gasteiger partial charge in [0.2, 0.25) is 0 Å². The number of nitrogens with zero attached hydrogens (tertiary/aromatic N) is 1. The first kappa shape index (κ1) is 18.7. The first-order valence-corrected chi connectivity index (χ1v) is 7.15. The van der Waals surface area contributed by atoms with Gasteiger partial charge in [0.05, 0.1) is 24.8 Å². The molecule has 0 saturated heterocycles. The molecule has 1 heterocycles. The molecular formula is C15H13ClF3N3O3. The number of carbonyl (C=O) groups excluding carboxylic acids is 1. The Balaban J connectivity index is 2.19. The number of nitrogens with one attached hydrogen (secondary N) is 2. The first-order valence-electron chi connectivity index (χ1n) is 6.78. The largest absolute Gasteiger partial charge is 0.496 e. The van der Waals surface area contributed by atoms with Crippen molar-refractivity contribution in [1.29, 1.82) is 0 Å². The normalized spacial score (nSPS) is 11.0. The number of alkyl halides is 3. The number of ether oxygens (including phenoxy) is 2. The van der Waals surface area contributed by atoms with Gasteiger partial charge in [-0.05, 0) is 18.2 Å². The molecule has 2 aromatic rings. The maximum absolute atomic E-state index is 12.6. The van der Waals surface area contributed by atoms with Gasteiger partial charge in [0, 0.05) is 6.20 Å². The quantitative estimate of drug-likeness (QED) is 0.782. The highest BCUT2D eigenvalue weighted by Crippen LogP contribution is 2.32. The van der Waals surface area contributed by atoms with Gasteiger partial charge in [-0.15, -0.1) is 0 Å². The molecule has 1 amide bonds. The SMILES string of the molecule is COc1cccc(OC)c1C(=O)NNc1ncc(C(F)(F)F)cc1Cl. The lowest BCUT2D eigenvalue weighted by atomic mass is 10.1. The summed E-state index contributed by atoms with van der Waals surface area (Å²) in [4.78, 5) is 15.9. The third kappa shape index (κ3) is 4.24. The number of hydrogen-bond acceptors (Lipinski definition) is 5. The third-order valence-corrected chi connectivity index (χ3v) is 3.41. The monoisotopic (exact) mass is 375 g/mol. The zero-order valence-corrected chi connectivity index (χ0v) is 13.8. The standard InChI is InChI=1S/C15H13ClF3N3O3/c1-24-10-4-3-5-11(25-2)12(10)14(23)22-21-13-9(16)6-8(7-20-13)15(17,18)19/h3-7H,1-2H3,(H,20,21)(H,22,23). The van der Waals surface area contributed by atoms with E-state index in [1.54, 1.807) is 18.2 Å². The van der Waals surface area contributed by atoms with Crippen molar-refractivity contribution in [3.63, 3.8) is 0 Å². The van der Waals surface area contributed by atoms with Crippen molar-refractivity contribution < 1.29 is 27.4 Å². The summed E-state index contributed by atoms with van der Waals surface area (Å²) >= 11 is 5.76. The van der Waals surface area contributed by atoms with Crippen molar-refractivity contribution in [2.24, 2.45) is 0 Å². The van der Waals surface area contributed by atoms with E-state index >= 15 is 0 Å². The molecule has 0 bridgehead atoms. The van der Waals surface area contributed by atoms with Crippen LogP contribution in [0.4, 0.5) is 19.0 Å². The summed E-state index contributed by atoms with van der Waals surface area (Å²) in [5.41, 5.74) is 3.76. The zero-order chi connectivity index (χ0) is 18.6. The van der Waals surface area contributed by atoms with Crippen LogP contribution in [0.5, 0.6) is 11.5 Å². The van der Waals surface area contributed by atoms with Gasteiger partial charge in [0.1, 0.15) is 17.1 Å². The number of aromatic nitrogens is 1. The number of hydrogen-bond donors (Lipinski definition) is 2. The number of methoxy groups -OCH3 is 2. The number of hydrazine groups is 1. The summed E-state index contributed by atoms with van der Waals surface area (Å²) in [6.45, 7) is 0. The maximum atomic E-state index is 12.6. The lowest BCUT2D eigenvalue weighted by Crippen LogP contribution is -2.30. The molecule has 0 aliphatic heterocycles. The molecule has 10 heteroatoms. The molecule has 6 nitrogen and oxygen atoms in total. The molecule has 0 radical (unpaired) electrons. The predicted octanol–water partition coefficient (Wildman–Crippen LogP) is 3.53. The Labute approximate surface area is 145 Å². The lowest BCUT2D eigenvalue weighted by Gasteiger charge is -2.14. The summed E-state index contributed by atoms with van der Waals surface area (Å²) in [7, 11) is 2.76. The van der Waals surface area contributed by atoms with Gasteiger partial charge >= 0.3 is 6.18 Å². The van der Waals surface area contributed by atoms with Crippen molar-refractivity contribution in [3.8, 4) is 11.5 Å². The number of carbonyl (C=O) groups is 1. The average Bonchev–Trinajstić information content (AvgIpc) is 2.58. The summed E-state index contributed by atoms with van der Waals surface area (Å²) in [5.74, 6) is -0.279. The summed E-state index contributed by atoms with van der Waals surface area (Å²) in [6, 6.07) is 5.45. The average molecular weight is 376 g/mol. The number of pyridine rings is 1. The highest BCUT2D eigenvalue weighted by Gasteiger charge is 2.31. The number of anilines is 1. The van der Waals surface area contributed by atoms with Crippen LogP contribution in [0.1, 0.15) is 15.9 Å². The molecule has 0 aliphatic rings. The van der Waals surface area contributed by atoms with Gasteiger partial charge in [-0.1, -0.05) is 17.7 Å². The van der Waals surface area contributed by atoms with Crippen LogP contribution >= 0.6 is 11.6 Å². The Morgan fingerprint density at radius 2 is 1.80 bits per heavy atom. The van der Waals surface area contributed by atoms with Gasteiger partial charge in [0.25, 0.3) is 5.91 Å². The fraction of sp³-hybridized carbons (Fsp3) is 0.200. The molecule has 25 heavy (non-hydrogen) atoms. The highest BCUT2D eigenvalue weighted by atomic mass is 35.5. The van der Waals surface area contributed by atoms with E-state index in [-0.39, 0.29) is 27.9 Å². The molecule has 0 aliphatic carbocycles. The molecule has 0 unspecified atom stereocenters. The molecule has 2 rings (SSSR count). The van der Waals surface area contributed by atoms with Crippen molar-refractivity contribution in [2.75, 3.05) is 19.6 Å². The fourth-order valence-electron chi connectivity index (χ4n) is 1.94. The van der Waals surface area contributed by atoms with E-state index in [1.165, 1.54) is 14.2 Å². The van der Waals surface area contributed by atoms with E-state index in [9.17, 15) is 18.0 Å². The summed E-state index contributed by atoms with van der Waals surface area (Å²) < 4.78 is 48.0. The highest BCUT2D eigenvalue weighted by molar-refractivity contribution is 6.33. The minimum atomic E-state index is -4.57.